The molecular formula is C15H22FN3O2. The highest BCUT2D eigenvalue weighted by molar-refractivity contribution is 5.78. The summed E-state index contributed by atoms with van der Waals surface area (Å²) in [6, 6.07) is 4.06. The first-order valence-electron chi connectivity index (χ1n) is 7.27. The molecule has 1 amide bonds. The SMILES string of the molecule is NCCNC(=O)C1CCCN(Cc2cc(O)cc(F)c2)C1. The number of nitrogens with zero attached hydrogens (tertiary/aromatic N) is 1. The lowest BCUT2D eigenvalue weighted by molar-refractivity contribution is -0.126. The number of benzene rings is 1. The maximum Gasteiger partial charge on any atom is 0.224 e. The van der Waals surface area contributed by atoms with Gasteiger partial charge in [0.15, 0.2) is 0 Å². The molecule has 1 saturated heterocycles. The molecule has 5 nitrogen and oxygen atoms in total. The Balaban J connectivity index is 1.93. The quantitative estimate of drug-likeness (QED) is 0.751. The van der Waals surface area contributed by atoms with Crippen LogP contribution in [0, 0.1) is 11.7 Å². The molecule has 0 bridgehead atoms. The van der Waals surface area contributed by atoms with Crippen molar-refractivity contribution < 1.29 is 14.3 Å². The van der Waals surface area contributed by atoms with Crippen LogP contribution >= 0.6 is 0 Å². The highest BCUT2D eigenvalue weighted by atomic mass is 19.1. The molecule has 0 aliphatic carbocycles. The summed E-state index contributed by atoms with van der Waals surface area (Å²) in [4.78, 5) is 14.1. The van der Waals surface area contributed by atoms with E-state index in [0.29, 0.717) is 26.2 Å². The molecule has 0 aromatic heterocycles. The number of rotatable bonds is 5. The Kier molecular flexibility index (Phi) is 5.52. The zero-order chi connectivity index (χ0) is 15.2. The molecule has 1 unspecified atom stereocenters. The molecule has 2 rings (SSSR count). The van der Waals surface area contributed by atoms with E-state index in [0.717, 1.165) is 31.0 Å². The summed E-state index contributed by atoms with van der Waals surface area (Å²) in [7, 11) is 0. The Hall–Kier alpha value is -1.66. The molecule has 1 fully saturated rings. The van der Waals surface area contributed by atoms with Gasteiger partial charge in [0.1, 0.15) is 11.6 Å². The summed E-state index contributed by atoms with van der Waals surface area (Å²) < 4.78 is 13.3. The maximum absolute atomic E-state index is 13.3. The van der Waals surface area contributed by atoms with Crippen molar-refractivity contribution in [3.05, 3.63) is 29.6 Å². The largest absolute Gasteiger partial charge is 0.508 e. The van der Waals surface area contributed by atoms with Crippen LogP contribution in [0.15, 0.2) is 18.2 Å². The molecule has 0 spiro atoms. The highest BCUT2D eigenvalue weighted by Crippen LogP contribution is 2.21. The predicted octanol–water partition coefficient (Wildman–Crippen LogP) is 0.818. The second-order valence-electron chi connectivity index (χ2n) is 5.47. The normalized spacial score (nSPS) is 19.4. The summed E-state index contributed by atoms with van der Waals surface area (Å²) in [5.74, 6) is -0.529. The number of nitrogens with two attached hydrogens (primary N) is 1. The molecule has 4 N–H and O–H groups in total. The molecule has 6 heteroatoms. The smallest absolute Gasteiger partial charge is 0.224 e. The van der Waals surface area contributed by atoms with Crippen LogP contribution in [0.25, 0.3) is 0 Å². The van der Waals surface area contributed by atoms with Crippen molar-refractivity contribution in [1.29, 1.82) is 0 Å². The van der Waals surface area contributed by atoms with Gasteiger partial charge in [-0.1, -0.05) is 0 Å². The van der Waals surface area contributed by atoms with Gasteiger partial charge in [-0.2, -0.15) is 0 Å². The summed E-state index contributed by atoms with van der Waals surface area (Å²) in [6.07, 6.45) is 1.79. The summed E-state index contributed by atoms with van der Waals surface area (Å²) in [6.45, 7) is 2.98. The van der Waals surface area contributed by atoms with E-state index in [4.69, 9.17) is 5.73 Å². The lowest BCUT2D eigenvalue weighted by atomic mass is 9.96. The standard InChI is InChI=1S/C15H22FN3O2/c16-13-6-11(7-14(20)8-13)9-19-5-1-2-12(10-19)15(21)18-4-3-17/h6-8,12,20H,1-5,9-10,17H2,(H,18,21). The first kappa shape index (κ1) is 15.7. The third kappa shape index (κ3) is 4.68. The number of aromatic hydroxyl groups is 1. The molecule has 21 heavy (non-hydrogen) atoms. The lowest BCUT2D eigenvalue weighted by Crippen LogP contribution is -2.43. The van der Waals surface area contributed by atoms with E-state index in [1.54, 1.807) is 6.07 Å². The van der Waals surface area contributed by atoms with Crippen LogP contribution < -0.4 is 11.1 Å². The minimum absolute atomic E-state index is 0.0345. The van der Waals surface area contributed by atoms with E-state index >= 15 is 0 Å². The molecule has 0 saturated carbocycles. The number of amides is 1. The van der Waals surface area contributed by atoms with Crippen molar-refractivity contribution >= 4 is 5.91 Å². The molecule has 1 aliphatic heterocycles. The summed E-state index contributed by atoms with van der Waals surface area (Å²) in [5.41, 5.74) is 6.10. The molecule has 116 valence electrons. The van der Waals surface area contributed by atoms with E-state index in [1.165, 1.54) is 6.07 Å². The predicted molar refractivity (Wildman–Crippen MR) is 78.1 cm³/mol. The number of nitrogens with one attached hydrogen (secondary N) is 1. The Morgan fingerprint density at radius 2 is 2.29 bits per heavy atom. The van der Waals surface area contributed by atoms with E-state index < -0.39 is 5.82 Å². The molecule has 1 heterocycles. The molecule has 1 aromatic carbocycles. The van der Waals surface area contributed by atoms with E-state index in [2.05, 4.69) is 10.2 Å². The Bertz CT molecular complexity index is 476. The Labute approximate surface area is 123 Å². The average Bonchev–Trinajstić information content (AvgIpc) is 2.44. The van der Waals surface area contributed by atoms with Gasteiger partial charge in [-0.15, -0.1) is 0 Å². The number of likely N-dealkylation sites (tertiary alicyclic amines) is 1. The van der Waals surface area contributed by atoms with Gasteiger partial charge in [-0.25, -0.2) is 4.39 Å². The van der Waals surface area contributed by atoms with Gasteiger partial charge in [0.2, 0.25) is 5.91 Å². The number of hydrogen-bond acceptors (Lipinski definition) is 4. The van der Waals surface area contributed by atoms with Gasteiger partial charge in [-0.05, 0) is 37.1 Å². The zero-order valence-corrected chi connectivity index (χ0v) is 12.0. The maximum atomic E-state index is 13.3. The number of hydrogen-bond donors (Lipinski definition) is 3. The number of halogens is 1. The fourth-order valence-corrected chi connectivity index (χ4v) is 2.74. The van der Waals surface area contributed by atoms with Gasteiger partial charge in [-0.3, -0.25) is 9.69 Å². The van der Waals surface area contributed by atoms with Crippen LogP contribution in [0.2, 0.25) is 0 Å². The van der Waals surface area contributed by atoms with Crippen molar-refractivity contribution in [2.75, 3.05) is 26.2 Å². The zero-order valence-electron chi connectivity index (χ0n) is 12.0. The van der Waals surface area contributed by atoms with E-state index in [1.807, 2.05) is 0 Å². The van der Waals surface area contributed by atoms with E-state index in [-0.39, 0.29) is 17.6 Å². The van der Waals surface area contributed by atoms with Crippen LogP contribution in [0.5, 0.6) is 5.75 Å². The first-order valence-corrected chi connectivity index (χ1v) is 7.27. The number of phenolic OH excluding ortho intramolecular Hbond substituents is 1. The second kappa shape index (κ2) is 7.38. The number of carbonyl (C=O) groups excluding carboxylic acids is 1. The second-order valence-corrected chi connectivity index (χ2v) is 5.47. The van der Waals surface area contributed by atoms with E-state index in [9.17, 15) is 14.3 Å². The van der Waals surface area contributed by atoms with Crippen LogP contribution in [0.4, 0.5) is 4.39 Å². The van der Waals surface area contributed by atoms with Gasteiger partial charge < -0.3 is 16.2 Å². The molecular weight excluding hydrogens is 273 g/mol. The fourth-order valence-electron chi connectivity index (χ4n) is 2.74. The highest BCUT2D eigenvalue weighted by Gasteiger charge is 2.25. The summed E-state index contributed by atoms with van der Waals surface area (Å²) in [5, 5.41) is 12.2. The topological polar surface area (TPSA) is 78.6 Å². The minimum Gasteiger partial charge on any atom is -0.508 e. The summed E-state index contributed by atoms with van der Waals surface area (Å²) >= 11 is 0. The average molecular weight is 295 g/mol. The van der Waals surface area contributed by atoms with Gasteiger partial charge >= 0.3 is 0 Å². The fraction of sp³-hybridized carbons (Fsp3) is 0.533. The number of piperidine rings is 1. The molecule has 1 atom stereocenters. The molecule has 1 aliphatic rings. The first-order chi connectivity index (χ1) is 10.1. The van der Waals surface area contributed by atoms with Gasteiger partial charge in [0, 0.05) is 32.2 Å². The third-order valence-corrected chi connectivity index (χ3v) is 3.67. The van der Waals surface area contributed by atoms with Crippen molar-refractivity contribution in [2.45, 2.75) is 19.4 Å². The van der Waals surface area contributed by atoms with Crippen molar-refractivity contribution in [3.8, 4) is 5.75 Å². The van der Waals surface area contributed by atoms with Gasteiger partial charge in [0.05, 0.1) is 5.92 Å². The third-order valence-electron chi connectivity index (χ3n) is 3.67. The number of carbonyl (C=O) groups is 1. The van der Waals surface area contributed by atoms with Crippen LogP contribution in [-0.4, -0.2) is 42.1 Å². The Morgan fingerprint density at radius 3 is 3.00 bits per heavy atom. The molecule has 0 radical (unpaired) electrons. The number of phenols is 1. The van der Waals surface area contributed by atoms with Crippen LogP contribution in [0.1, 0.15) is 18.4 Å². The molecule has 1 aromatic rings. The van der Waals surface area contributed by atoms with Crippen LogP contribution in [-0.2, 0) is 11.3 Å². The van der Waals surface area contributed by atoms with Crippen molar-refractivity contribution in [1.82, 2.24) is 10.2 Å². The monoisotopic (exact) mass is 295 g/mol. The minimum atomic E-state index is -0.445. The van der Waals surface area contributed by atoms with Crippen molar-refractivity contribution in [3.63, 3.8) is 0 Å². The Morgan fingerprint density at radius 1 is 1.48 bits per heavy atom. The van der Waals surface area contributed by atoms with Crippen LogP contribution in [0.3, 0.4) is 0 Å². The lowest BCUT2D eigenvalue weighted by Gasteiger charge is -2.32. The van der Waals surface area contributed by atoms with Crippen molar-refractivity contribution in [2.24, 2.45) is 11.7 Å². The van der Waals surface area contributed by atoms with Gasteiger partial charge in [0.25, 0.3) is 0 Å².